The third-order valence-electron chi connectivity index (χ3n) is 14.9. The lowest BCUT2D eigenvalue weighted by molar-refractivity contribution is 0.0885. The summed E-state index contributed by atoms with van der Waals surface area (Å²) in [6.07, 6.45) is 13.9. The number of hydrogen-bond acceptors (Lipinski definition) is 13. The molecule has 2 aromatic carbocycles. The Morgan fingerprint density at radius 1 is 0.647 bits per heavy atom. The maximum absolute atomic E-state index is 14.4. The van der Waals surface area contributed by atoms with E-state index in [1.54, 1.807) is 49.3 Å². The van der Waals surface area contributed by atoms with Gasteiger partial charge in [-0.15, -0.1) is 0 Å². The number of fused-ring (bicyclic) bond motifs is 4. The summed E-state index contributed by atoms with van der Waals surface area (Å²) in [5.74, 6) is -1.18. The largest absolute Gasteiger partial charge is 0.361 e. The molecule has 0 radical (unpaired) electrons. The van der Waals surface area contributed by atoms with Crippen molar-refractivity contribution in [1.82, 2.24) is 74.5 Å². The number of H-pyrrole nitrogens is 1. The maximum Gasteiger partial charge on any atom is 0.255 e. The van der Waals surface area contributed by atoms with Gasteiger partial charge in [0, 0.05) is 108 Å². The van der Waals surface area contributed by atoms with Crippen LogP contribution in [0.3, 0.4) is 0 Å². The Labute approximate surface area is 495 Å². The lowest BCUT2D eigenvalue weighted by atomic mass is 10.1. The molecular weight excluding hydrogens is 1110 g/mol. The van der Waals surface area contributed by atoms with Gasteiger partial charge in [-0.25, -0.2) is 28.7 Å². The number of nitrogens with one attached hydrogen (secondary N) is 3. The molecule has 3 N–H and O–H groups in total. The topological polar surface area (TPSA) is 214 Å². The van der Waals surface area contributed by atoms with Crippen LogP contribution in [0.25, 0.3) is 66.9 Å². The average Bonchev–Trinajstić information content (AvgIpc) is 2.05. The number of halogens is 2. The molecule has 2 unspecified atom stereocenters. The summed E-state index contributed by atoms with van der Waals surface area (Å²) in [7, 11) is -2.50. The van der Waals surface area contributed by atoms with Crippen molar-refractivity contribution in [1.29, 1.82) is 0 Å². The smallest absolute Gasteiger partial charge is 0.255 e. The van der Waals surface area contributed by atoms with Crippen molar-refractivity contribution in [3.8, 4) is 22.8 Å². The van der Waals surface area contributed by atoms with E-state index < -0.39 is 16.1 Å². The van der Waals surface area contributed by atoms with Crippen LogP contribution in [-0.4, -0.2) is 137 Å². The van der Waals surface area contributed by atoms with E-state index in [1.807, 2.05) is 64.1 Å². The second-order valence-corrected chi connectivity index (χ2v) is 35.7. The first-order chi connectivity index (χ1) is 40.8. The van der Waals surface area contributed by atoms with Crippen molar-refractivity contribution in [2.75, 3.05) is 32.8 Å². The van der Waals surface area contributed by atoms with Gasteiger partial charge >= 0.3 is 0 Å². The molecular formula is C62H75F2N15O4Si2. The quantitative estimate of drug-likeness (QED) is 0.0402. The first-order valence-electron chi connectivity index (χ1n) is 29.1. The highest BCUT2D eigenvalue weighted by Crippen LogP contribution is 2.31. The maximum atomic E-state index is 14.4. The van der Waals surface area contributed by atoms with Gasteiger partial charge in [-0.3, -0.25) is 29.3 Å². The lowest BCUT2D eigenvalue weighted by Gasteiger charge is -2.15. The highest BCUT2D eigenvalue weighted by atomic mass is 28.3. The average molecular weight is 1190 g/mol. The Bertz CT molecular complexity index is 3930. The summed E-state index contributed by atoms with van der Waals surface area (Å²) in [5, 5.41) is 19.8. The zero-order chi connectivity index (χ0) is 59.8. The molecule has 23 heteroatoms. The van der Waals surface area contributed by atoms with E-state index in [0.29, 0.717) is 105 Å². The Kier molecular flexibility index (Phi) is 18.8. The Balaban J connectivity index is 0.000000192. The number of ether oxygens (including phenoxy) is 2. The number of nitrogens with zero attached hydrogens (tertiary/aromatic N) is 12. The molecule has 0 bridgehead atoms. The van der Waals surface area contributed by atoms with E-state index in [9.17, 15) is 18.4 Å². The minimum Gasteiger partial charge on any atom is -0.361 e. The summed E-state index contributed by atoms with van der Waals surface area (Å²) < 4.78 is 45.6. The van der Waals surface area contributed by atoms with Crippen LogP contribution in [0.2, 0.25) is 51.4 Å². The number of rotatable bonds is 23. The molecule has 19 nitrogen and oxygen atoms in total. The second kappa shape index (κ2) is 26.5. The normalized spacial score (nSPS) is 13.9. The molecule has 10 aromatic rings. The van der Waals surface area contributed by atoms with Gasteiger partial charge in [-0.05, 0) is 113 Å². The van der Waals surface area contributed by atoms with Crippen LogP contribution >= 0.6 is 0 Å². The van der Waals surface area contributed by atoms with E-state index >= 15 is 0 Å². The Morgan fingerprint density at radius 2 is 1.16 bits per heavy atom. The SMILES string of the molecule is CC(Cc1ccccn1)NC(=O)c1cn(COCC[Si](C)(C)C)c2ncc(-c3n[nH]c4cc(F)ccc34)nc12.CC(Cc1ccccn1)NC(=O)c1cn(COCC[Si](C)(C)C)c2ncc(-c3nn(CCN4CCCC4)c4cc(F)ccc34)nc12. The minimum atomic E-state index is -1.26. The molecule has 0 spiro atoms. The third-order valence-corrected chi connectivity index (χ3v) is 18.3. The van der Waals surface area contributed by atoms with Crippen LogP contribution in [0.15, 0.2) is 110 Å². The van der Waals surface area contributed by atoms with Crippen molar-refractivity contribution in [3.05, 3.63) is 144 Å². The van der Waals surface area contributed by atoms with E-state index in [1.165, 1.54) is 37.1 Å². The number of hydrogen-bond donors (Lipinski definition) is 3. The van der Waals surface area contributed by atoms with Crippen molar-refractivity contribution >= 4 is 72.1 Å². The van der Waals surface area contributed by atoms with Gasteiger partial charge in [0.1, 0.15) is 58.9 Å². The monoisotopic (exact) mass is 1190 g/mol. The number of aromatic amines is 1. The summed E-state index contributed by atoms with van der Waals surface area (Å²) in [6, 6.07) is 22.4. The fourth-order valence-corrected chi connectivity index (χ4v) is 11.8. The van der Waals surface area contributed by atoms with Crippen LogP contribution in [0.4, 0.5) is 8.78 Å². The molecule has 8 aromatic heterocycles. The molecule has 1 fully saturated rings. The van der Waals surface area contributed by atoms with Crippen LogP contribution in [-0.2, 0) is 42.3 Å². The molecule has 0 saturated carbocycles. The molecule has 11 rings (SSSR count). The number of amides is 2. The van der Waals surface area contributed by atoms with Gasteiger partial charge < -0.3 is 34.1 Å². The summed E-state index contributed by atoms with van der Waals surface area (Å²) in [5.41, 5.74) is 8.04. The van der Waals surface area contributed by atoms with E-state index in [0.717, 1.165) is 48.5 Å². The van der Waals surface area contributed by atoms with Crippen molar-refractivity contribution in [3.63, 3.8) is 0 Å². The summed E-state index contributed by atoms with van der Waals surface area (Å²) in [4.78, 5) is 57.6. The van der Waals surface area contributed by atoms with Gasteiger partial charge in [0.2, 0.25) is 0 Å². The molecule has 2 amide bonds. The van der Waals surface area contributed by atoms with Gasteiger partial charge in [-0.1, -0.05) is 51.4 Å². The molecule has 9 heterocycles. The van der Waals surface area contributed by atoms with Crippen LogP contribution in [0.1, 0.15) is 58.8 Å². The van der Waals surface area contributed by atoms with E-state index in [4.69, 9.17) is 29.5 Å². The highest BCUT2D eigenvalue weighted by Gasteiger charge is 2.25. The number of benzene rings is 2. The van der Waals surface area contributed by atoms with Crippen molar-refractivity contribution in [2.24, 2.45) is 0 Å². The number of aromatic nitrogens is 12. The molecule has 1 aliphatic rings. The number of likely N-dealkylation sites (tertiary alicyclic amines) is 1. The fraction of sp³-hybridized carbons (Fsp3) is 0.387. The fourth-order valence-electron chi connectivity index (χ4n) is 10.2. The van der Waals surface area contributed by atoms with Gasteiger partial charge in [0.25, 0.3) is 11.8 Å². The second-order valence-electron chi connectivity index (χ2n) is 24.4. The summed E-state index contributed by atoms with van der Waals surface area (Å²) in [6.45, 7) is 23.2. The van der Waals surface area contributed by atoms with Crippen LogP contribution < -0.4 is 10.6 Å². The van der Waals surface area contributed by atoms with Crippen molar-refractivity contribution < 1.29 is 27.8 Å². The number of carbonyl (C=O) groups excluding carboxylic acids is 2. The first kappa shape index (κ1) is 60.2. The third kappa shape index (κ3) is 15.3. The molecule has 444 valence electrons. The zero-order valence-electron chi connectivity index (χ0n) is 49.7. The number of carbonyl (C=O) groups is 2. The summed E-state index contributed by atoms with van der Waals surface area (Å²) >= 11 is 0. The zero-order valence-corrected chi connectivity index (χ0v) is 51.7. The Morgan fingerprint density at radius 3 is 1.68 bits per heavy atom. The van der Waals surface area contributed by atoms with E-state index in [2.05, 4.69) is 80.0 Å². The standard InChI is InChI=1S/C34H43FN8O2Si.C28H32FN7O2Si/c1-24(19-26-9-5-6-12-36-26)38-34(44)28-22-42(23-45-17-18-46(2,3)4)33-32(28)39-29(21-37-33)31-27-11-10-25(35)20-30(27)43(40-31)16-15-41-13-7-8-14-41;1-18(13-20-7-5-6-10-30-20)32-28(37)22-16-36(17-38-11-12-39(2,3)4)27-26(22)33-24(15-31-27)25-21-9-8-19(29)14-23(21)34-35-25/h5-6,9-12,20-22,24H,7-8,13-19,23H2,1-4H3,(H,38,44);5-10,14-16,18H,11-13,17H2,1-4H3,(H,32,37)(H,34,35). The molecule has 2 atom stereocenters. The van der Waals surface area contributed by atoms with Gasteiger partial charge in [-0.2, -0.15) is 10.2 Å². The Hall–Kier alpha value is -7.97. The highest BCUT2D eigenvalue weighted by molar-refractivity contribution is 6.76. The first-order valence-corrected chi connectivity index (χ1v) is 36.6. The van der Waals surface area contributed by atoms with Crippen LogP contribution in [0, 0.1) is 11.6 Å². The molecule has 1 saturated heterocycles. The number of pyridine rings is 2. The molecule has 1 aliphatic heterocycles. The predicted molar refractivity (Wildman–Crippen MR) is 332 cm³/mol. The van der Waals surface area contributed by atoms with E-state index in [-0.39, 0.29) is 49.0 Å². The molecule has 85 heavy (non-hydrogen) atoms. The lowest BCUT2D eigenvalue weighted by Crippen LogP contribution is -2.34. The predicted octanol–water partition coefficient (Wildman–Crippen LogP) is 10.9. The van der Waals surface area contributed by atoms with Gasteiger partial charge in [0.15, 0.2) is 11.3 Å². The van der Waals surface area contributed by atoms with Gasteiger partial charge in [0.05, 0.1) is 41.1 Å². The van der Waals surface area contributed by atoms with Crippen LogP contribution in [0.5, 0.6) is 0 Å². The minimum absolute atomic E-state index is 0.153. The van der Waals surface area contributed by atoms with Crippen molar-refractivity contribution in [2.45, 2.75) is 123 Å². The molecule has 0 aliphatic carbocycles.